The van der Waals surface area contributed by atoms with Crippen LogP contribution < -0.4 is 4.90 Å². The zero-order chi connectivity index (χ0) is 25.7. The fraction of sp³-hybridized carbons (Fsp3) is 0.519. The number of alkyl halides is 3. The molecular weight excluding hydrogens is 471 g/mol. The quantitative estimate of drug-likeness (QED) is 0.564. The topological polar surface area (TPSA) is 56.2 Å². The molecule has 0 aromatic heterocycles. The fourth-order valence-electron chi connectivity index (χ4n) is 5.48. The number of aromatic hydroxyl groups is 1. The number of hydrogen-bond acceptors (Lipinski definition) is 6. The Hall–Kier alpha value is -2.78. The van der Waals surface area contributed by atoms with E-state index in [9.17, 15) is 23.1 Å². The van der Waals surface area contributed by atoms with E-state index in [0.29, 0.717) is 44.2 Å². The first kappa shape index (κ1) is 26.3. The molecule has 0 saturated carbocycles. The lowest BCUT2D eigenvalue weighted by atomic mass is 9.86. The van der Waals surface area contributed by atoms with Crippen LogP contribution in [0.15, 0.2) is 48.5 Å². The second kappa shape index (κ2) is 11.5. The summed E-state index contributed by atoms with van der Waals surface area (Å²) in [6.45, 7) is 5.17. The van der Waals surface area contributed by atoms with Crippen molar-refractivity contribution in [1.82, 2.24) is 9.80 Å². The Balaban J connectivity index is 1.40. The van der Waals surface area contributed by atoms with Gasteiger partial charge in [-0.25, -0.2) is 0 Å². The molecule has 0 spiro atoms. The lowest BCUT2D eigenvalue weighted by Gasteiger charge is -2.47. The predicted octanol–water partition coefficient (Wildman–Crippen LogP) is 4.38. The Morgan fingerprint density at radius 3 is 2.50 bits per heavy atom. The van der Waals surface area contributed by atoms with Crippen LogP contribution in [-0.4, -0.2) is 73.3 Å². The van der Waals surface area contributed by atoms with Gasteiger partial charge < -0.3 is 14.7 Å². The molecule has 36 heavy (non-hydrogen) atoms. The van der Waals surface area contributed by atoms with E-state index < -0.39 is 11.7 Å². The Kier molecular flexibility index (Phi) is 8.41. The lowest BCUT2D eigenvalue weighted by molar-refractivity contribution is -0.141. The first-order chi connectivity index (χ1) is 17.2. The van der Waals surface area contributed by atoms with Gasteiger partial charge >= 0.3 is 12.1 Å². The van der Waals surface area contributed by atoms with Crippen molar-refractivity contribution in [1.29, 1.82) is 0 Å². The number of piperidine rings is 1. The van der Waals surface area contributed by atoms with Crippen molar-refractivity contribution in [2.75, 3.05) is 51.3 Å². The molecule has 2 saturated heterocycles. The predicted molar refractivity (Wildman–Crippen MR) is 132 cm³/mol. The van der Waals surface area contributed by atoms with Crippen LogP contribution in [0, 0.1) is 5.92 Å². The molecule has 2 aromatic rings. The number of rotatable bonds is 7. The maximum absolute atomic E-state index is 13.2. The Labute approximate surface area is 210 Å². The largest absolute Gasteiger partial charge is 0.508 e. The molecule has 1 N–H and O–H groups in total. The van der Waals surface area contributed by atoms with Gasteiger partial charge in [-0.1, -0.05) is 24.3 Å². The smallest absolute Gasteiger partial charge is 0.416 e. The zero-order valence-electron chi connectivity index (χ0n) is 20.6. The molecule has 0 unspecified atom stereocenters. The van der Waals surface area contributed by atoms with Gasteiger partial charge in [0, 0.05) is 63.0 Å². The van der Waals surface area contributed by atoms with Crippen molar-refractivity contribution in [2.24, 2.45) is 5.92 Å². The van der Waals surface area contributed by atoms with Crippen LogP contribution in [0.1, 0.15) is 30.4 Å². The Bertz CT molecular complexity index is 1020. The molecule has 0 aliphatic carbocycles. The minimum atomic E-state index is -4.35. The van der Waals surface area contributed by atoms with Crippen molar-refractivity contribution in [3.05, 3.63) is 59.7 Å². The number of phenols is 1. The molecule has 4 rings (SSSR count). The third kappa shape index (κ3) is 6.50. The van der Waals surface area contributed by atoms with E-state index in [1.165, 1.54) is 19.2 Å². The van der Waals surface area contributed by atoms with Crippen LogP contribution >= 0.6 is 0 Å². The summed E-state index contributed by atoms with van der Waals surface area (Å²) >= 11 is 0. The molecule has 196 valence electrons. The summed E-state index contributed by atoms with van der Waals surface area (Å²) in [7, 11) is 1.40. The highest BCUT2D eigenvalue weighted by atomic mass is 19.4. The van der Waals surface area contributed by atoms with Crippen LogP contribution in [0.5, 0.6) is 5.75 Å². The first-order valence-electron chi connectivity index (χ1n) is 12.5. The molecule has 0 bridgehead atoms. The van der Waals surface area contributed by atoms with Gasteiger partial charge in [0.1, 0.15) is 5.75 Å². The SMILES string of the molecule is COC(=O)CC[C@H]1CN(Cc2ccccc2O)CC[C@H]1N1CCN(c2cccc(C(F)(F)F)c2)CC1. The van der Waals surface area contributed by atoms with E-state index in [2.05, 4.69) is 9.80 Å². The van der Waals surface area contributed by atoms with Gasteiger partial charge in [0.05, 0.1) is 12.7 Å². The molecule has 2 aromatic carbocycles. The molecular formula is C27H34F3N3O3. The fourth-order valence-corrected chi connectivity index (χ4v) is 5.48. The van der Waals surface area contributed by atoms with Gasteiger partial charge in [-0.15, -0.1) is 0 Å². The number of nitrogens with zero attached hydrogens (tertiary/aromatic N) is 3. The molecule has 2 heterocycles. The summed E-state index contributed by atoms with van der Waals surface area (Å²) in [5, 5.41) is 10.2. The molecule has 9 heteroatoms. The summed E-state index contributed by atoms with van der Waals surface area (Å²) in [6.07, 6.45) is -2.35. The van der Waals surface area contributed by atoms with Crippen LogP contribution in [0.4, 0.5) is 18.9 Å². The average Bonchev–Trinajstić information content (AvgIpc) is 2.88. The number of likely N-dealkylation sites (tertiary alicyclic amines) is 1. The minimum absolute atomic E-state index is 0.221. The van der Waals surface area contributed by atoms with Crippen molar-refractivity contribution in [2.45, 2.75) is 38.0 Å². The normalized spacial score (nSPS) is 21.9. The van der Waals surface area contributed by atoms with Gasteiger partial charge in [-0.05, 0) is 49.6 Å². The van der Waals surface area contributed by atoms with Crippen LogP contribution in [0.3, 0.4) is 0 Å². The number of para-hydroxylation sites is 1. The Morgan fingerprint density at radius 2 is 1.81 bits per heavy atom. The number of carbonyl (C=O) groups is 1. The minimum Gasteiger partial charge on any atom is -0.508 e. The van der Waals surface area contributed by atoms with Crippen LogP contribution in [0.2, 0.25) is 0 Å². The van der Waals surface area contributed by atoms with E-state index in [0.717, 1.165) is 44.2 Å². The molecule has 0 radical (unpaired) electrons. The highest BCUT2D eigenvalue weighted by Crippen LogP contribution is 2.33. The molecule has 2 aliphatic rings. The van der Waals surface area contributed by atoms with Gasteiger partial charge in [0.2, 0.25) is 0 Å². The monoisotopic (exact) mass is 505 g/mol. The van der Waals surface area contributed by atoms with E-state index in [4.69, 9.17) is 4.74 Å². The maximum atomic E-state index is 13.2. The Morgan fingerprint density at radius 1 is 1.06 bits per heavy atom. The summed E-state index contributed by atoms with van der Waals surface area (Å²) < 4.78 is 44.3. The lowest BCUT2D eigenvalue weighted by Crippen LogP contribution is -2.56. The maximum Gasteiger partial charge on any atom is 0.416 e. The third-order valence-corrected chi connectivity index (χ3v) is 7.43. The number of ether oxygens (including phenoxy) is 1. The number of piperazine rings is 1. The number of methoxy groups -OCH3 is 1. The molecule has 6 nitrogen and oxygen atoms in total. The first-order valence-corrected chi connectivity index (χ1v) is 12.5. The zero-order valence-corrected chi connectivity index (χ0v) is 20.6. The third-order valence-electron chi connectivity index (χ3n) is 7.43. The van der Waals surface area contributed by atoms with Gasteiger partial charge in [0.25, 0.3) is 0 Å². The number of anilines is 1. The standard InChI is InChI=1S/C27H34F3N3O3/c1-36-26(35)10-9-20-18-31(19-21-5-2-3-8-25(21)34)12-11-24(20)33-15-13-32(14-16-33)23-7-4-6-22(17-23)27(28,29)30/h2-8,17,20,24,34H,9-16,18-19H2,1H3/t20-,24+/m0/s1. The van der Waals surface area contributed by atoms with Crippen molar-refractivity contribution < 1.29 is 27.8 Å². The van der Waals surface area contributed by atoms with Gasteiger partial charge in [-0.2, -0.15) is 13.2 Å². The van der Waals surface area contributed by atoms with Gasteiger partial charge in [-0.3, -0.25) is 14.6 Å². The van der Waals surface area contributed by atoms with E-state index in [1.54, 1.807) is 12.1 Å². The molecule has 2 atom stereocenters. The number of esters is 1. The van der Waals surface area contributed by atoms with Crippen LogP contribution in [-0.2, 0) is 22.3 Å². The summed E-state index contributed by atoms with van der Waals surface area (Å²) in [4.78, 5) is 18.7. The molecule has 0 amide bonds. The van der Waals surface area contributed by atoms with Crippen molar-refractivity contribution >= 4 is 11.7 Å². The highest BCUT2D eigenvalue weighted by Gasteiger charge is 2.36. The summed E-state index contributed by atoms with van der Waals surface area (Å²) in [5.74, 6) is 0.321. The van der Waals surface area contributed by atoms with E-state index >= 15 is 0 Å². The van der Waals surface area contributed by atoms with Crippen molar-refractivity contribution in [3.63, 3.8) is 0 Å². The second-order valence-electron chi connectivity index (χ2n) is 9.67. The molecule has 2 fully saturated rings. The number of carbonyl (C=O) groups excluding carboxylic acids is 1. The van der Waals surface area contributed by atoms with Crippen LogP contribution in [0.25, 0.3) is 0 Å². The average molecular weight is 506 g/mol. The number of benzene rings is 2. The summed E-state index contributed by atoms with van der Waals surface area (Å²) in [6, 6.07) is 13.2. The number of halogens is 3. The molecule has 2 aliphatic heterocycles. The summed E-state index contributed by atoms with van der Waals surface area (Å²) in [5.41, 5.74) is 0.865. The van der Waals surface area contributed by atoms with Gasteiger partial charge in [0.15, 0.2) is 0 Å². The van der Waals surface area contributed by atoms with E-state index in [-0.39, 0.29) is 17.6 Å². The number of phenolic OH excluding ortho intramolecular Hbond substituents is 1. The highest BCUT2D eigenvalue weighted by molar-refractivity contribution is 5.69. The van der Waals surface area contributed by atoms with Crippen molar-refractivity contribution in [3.8, 4) is 5.75 Å². The van der Waals surface area contributed by atoms with E-state index in [1.807, 2.05) is 23.1 Å². The number of hydrogen-bond donors (Lipinski definition) is 1. The second-order valence-corrected chi connectivity index (χ2v) is 9.67.